The number of fused-ring (bicyclic) bond motifs is 8. The molecule has 4 heteroatoms. The van der Waals surface area contributed by atoms with Crippen molar-refractivity contribution in [2.75, 3.05) is 0 Å². The highest BCUT2D eigenvalue weighted by atomic mass is 32.2. The number of benzene rings is 4. The maximum absolute atomic E-state index is 4.93. The SMILES string of the molecule is CC(C)(C)c1ccc2c(c1)c1cc(C(C)(C)C)ccc1n2-c1ccc2c(c1)-n1c(nc3ccccc31)SC2. The Hall–Kier alpha value is -3.50. The predicted octanol–water partition coefficient (Wildman–Crippen LogP) is 9.32. The summed E-state index contributed by atoms with van der Waals surface area (Å²) in [5, 5.41) is 3.71. The third-order valence-corrected chi connectivity index (χ3v) is 8.94. The molecule has 3 heterocycles. The van der Waals surface area contributed by atoms with E-state index in [0.29, 0.717) is 0 Å². The minimum atomic E-state index is 0.0899. The summed E-state index contributed by atoms with van der Waals surface area (Å²) in [6.45, 7) is 13.8. The summed E-state index contributed by atoms with van der Waals surface area (Å²) in [7, 11) is 0. The minimum absolute atomic E-state index is 0.0899. The summed E-state index contributed by atoms with van der Waals surface area (Å²) < 4.78 is 4.79. The van der Waals surface area contributed by atoms with Gasteiger partial charge in [-0.05, 0) is 76.1 Å². The normalized spacial score (nSPS) is 13.8. The Bertz CT molecular complexity index is 1820. The maximum atomic E-state index is 4.93. The number of hydrogen-bond donors (Lipinski definition) is 0. The van der Waals surface area contributed by atoms with Gasteiger partial charge in [-0.25, -0.2) is 4.98 Å². The van der Waals surface area contributed by atoms with Gasteiger partial charge >= 0.3 is 0 Å². The van der Waals surface area contributed by atoms with E-state index in [0.717, 1.165) is 16.4 Å². The van der Waals surface area contributed by atoms with Crippen molar-refractivity contribution < 1.29 is 0 Å². The van der Waals surface area contributed by atoms with Gasteiger partial charge in [0.25, 0.3) is 0 Å². The zero-order valence-corrected chi connectivity index (χ0v) is 23.8. The summed E-state index contributed by atoms with van der Waals surface area (Å²) in [6.07, 6.45) is 0. The smallest absolute Gasteiger partial charge is 0.174 e. The fourth-order valence-electron chi connectivity index (χ4n) is 5.73. The average molecular weight is 516 g/mol. The number of para-hydroxylation sites is 2. The zero-order valence-electron chi connectivity index (χ0n) is 23.0. The molecule has 0 aliphatic carbocycles. The molecule has 0 radical (unpaired) electrons. The molecule has 0 saturated carbocycles. The van der Waals surface area contributed by atoms with E-state index in [-0.39, 0.29) is 10.8 Å². The lowest BCUT2D eigenvalue weighted by Gasteiger charge is -2.21. The van der Waals surface area contributed by atoms with Gasteiger partial charge in [-0.2, -0.15) is 0 Å². The molecule has 0 amide bonds. The van der Waals surface area contributed by atoms with Crippen molar-refractivity contribution in [2.45, 2.75) is 63.3 Å². The van der Waals surface area contributed by atoms with Gasteiger partial charge in [0, 0.05) is 22.2 Å². The first-order chi connectivity index (χ1) is 18.1. The molecule has 190 valence electrons. The Morgan fingerprint density at radius 1 is 0.658 bits per heavy atom. The largest absolute Gasteiger partial charge is 0.309 e. The average Bonchev–Trinajstić information content (AvgIpc) is 3.42. The highest BCUT2D eigenvalue weighted by Crippen LogP contribution is 2.41. The Labute approximate surface area is 228 Å². The molecule has 2 aromatic heterocycles. The van der Waals surface area contributed by atoms with Crippen LogP contribution < -0.4 is 0 Å². The zero-order chi connectivity index (χ0) is 26.4. The molecule has 4 aromatic carbocycles. The lowest BCUT2D eigenvalue weighted by atomic mass is 9.85. The second kappa shape index (κ2) is 8.00. The van der Waals surface area contributed by atoms with Crippen LogP contribution in [0.5, 0.6) is 0 Å². The van der Waals surface area contributed by atoms with Crippen LogP contribution in [0.3, 0.4) is 0 Å². The van der Waals surface area contributed by atoms with Crippen LogP contribution in [0.15, 0.2) is 84.0 Å². The topological polar surface area (TPSA) is 22.8 Å². The number of imidazole rings is 1. The fourth-order valence-corrected chi connectivity index (χ4v) is 6.75. The van der Waals surface area contributed by atoms with E-state index in [1.54, 1.807) is 0 Å². The number of hydrogen-bond acceptors (Lipinski definition) is 2. The van der Waals surface area contributed by atoms with Gasteiger partial charge in [-0.15, -0.1) is 0 Å². The summed E-state index contributed by atoms with van der Waals surface area (Å²) in [6, 6.07) is 29.5. The van der Waals surface area contributed by atoms with Crippen molar-refractivity contribution in [3.63, 3.8) is 0 Å². The summed E-state index contributed by atoms with van der Waals surface area (Å²) in [5.74, 6) is 0.940. The fraction of sp³-hybridized carbons (Fsp3) is 0.265. The Kier molecular flexibility index (Phi) is 4.97. The van der Waals surface area contributed by atoms with Gasteiger partial charge in [-0.1, -0.05) is 83.6 Å². The summed E-state index contributed by atoms with van der Waals surface area (Å²) in [5.41, 5.74) is 11.4. The summed E-state index contributed by atoms with van der Waals surface area (Å²) >= 11 is 1.82. The Balaban J connectivity index is 1.52. The first kappa shape index (κ1) is 23.6. The van der Waals surface area contributed by atoms with Crippen LogP contribution in [0, 0.1) is 0 Å². The van der Waals surface area contributed by atoms with E-state index >= 15 is 0 Å². The van der Waals surface area contributed by atoms with E-state index in [4.69, 9.17) is 4.98 Å². The molecule has 0 saturated heterocycles. The van der Waals surface area contributed by atoms with Crippen molar-refractivity contribution in [1.29, 1.82) is 0 Å². The number of thioether (sulfide) groups is 1. The van der Waals surface area contributed by atoms with Gasteiger partial charge in [0.1, 0.15) is 0 Å². The van der Waals surface area contributed by atoms with Gasteiger partial charge < -0.3 is 4.57 Å². The first-order valence-corrected chi connectivity index (χ1v) is 14.4. The van der Waals surface area contributed by atoms with E-state index in [9.17, 15) is 0 Å². The molecule has 38 heavy (non-hydrogen) atoms. The molecule has 0 unspecified atom stereocenters. The van der Waals surface area contributed by atoms with Crippen molar-refractivity contribution >= 4 is 44.6 Å². The molecular formula is C34H33N3S. The van der Waals surface area contributed by atoms with Crippen molar-refractivity contribution in [2.24, 2.45) is 0 Å². The highest BCUT2D eigenvalue weighted by Gasteiger charge is 2.24. The van der Waals surface area contributed by atoms with Gasteiger partial charge in [-0.3, -0.25) is 4.57 Å². The van der Waals surface area contributed by atoms with Crippen LogP contribution in [-0.4, -0.2) is 14.1 Å². The van der Waals surface area contributed by atoms with Crippen LogP contribution in [0.1, 0.15) is 58.2 Å². The molecule has 0 bridgehead atoms. The molecule has 0 fully saturated rings. The minimum Gasteiger partial charge on any atom is -0.309 e. The molecule has 0 spiro atoms. The van der Waals surface area contributed by atoms with E-state index in [1.807, 2.05) is 11.8 Å². The monoisotopic (exact) mass is 515 g/mol. The molecule has 6 aromatic rings. The standard InChI is InChI=1S/C34H33N3S/c1-33(2,3)22-12-15-28-25(17-22)26-18-23(34(4,5)6)13-16-29(26)36(28)24-14-11-21-20-38-32-35-27-9-7-8-10-30(27)37(32)31(21)19-24/h7-19H,20H2,1-6H3. The number of aromatic nitrogens is 3. The van der Waals surface area contributed by atoms with Crippen LogP contribution in [0.25, 0.3) is 44.2 Å². The number of nitrogens with zero attached hydrogens (tertiary/aromatic N) is 3. The predicted molar refractivity (Wildman–Crippen MR) is 162 cm³/mol. The van der Waals surface area contributed by atoms with Crippen LogP contribution in [0.2, 0.25) is 0 Å². The second-order valence-corrected chi connectivity index (χ2v) is 13.6. The maximum Gasteiger partial charge on any atom is 0.174 e. The van der Waals surface area contributed by atoms with Crippen molar-refractivity contribution in [3.05, 3.63) is 95.6 Å². The van der Waals surface area contributed by atoms with Crippen LogP contribution in [0.4, 0.5) is 0 Å². The molecule has 1 aliphatic heterocycles. The molecule has 3 nitrogen and oxygen atoms in total. The van der Waals surface area contributed by atoms with Crippen molar-refractivity contribution in [1.82, 2.24) is 14.1 Å². The molecule has 7 rings (SSSR count). The first-order valence-electron chi connectivity index (χ1n) is 13.4. The molecular weight excluding hydrogens is 482 g/mol. The summed E-state index contributed by atoms with van der Waals surface area (Å²) in [4.78, 5) is 4.93. The van der Waals surface area contributed by atoms with E-state index in [1.165, 1.54) is 55.4 Å². The quantitative estimate of drug-likeness (QED) is 0.218. The van der Waals surface area contributed by atoms with Crippen LogP contribution >= 0.6 is 11.8 Å². The van der Waals surface area contributed by atoms with Gasteiger partial charge in [0.15, 0.2) is 5.16 Å². The van der Waals surface area contributed by atoms with Crippen LogP contribution in [-0.2, 0) is 16.6 Å². The van der Waals surface area contributed by atoms with Gasteiger partial charge in [0.2, 0.25) is 0 Å². The molecule has 0 N–H and O–H groups in total. The number of rotatable bonds is 1. The van der Waals surface area contributed by atoms with E-state index in [2.05, 4.69) is 130 Å². The lowest BCUT2D eigenvalue weighted by Crippen LogP contribution is -2.10. The van der Waals surface area contributed by atoms with Crippen molar-refractivity contribution in [3.8, 4) is 11.4 Å². The van der Waals surface area contributed by atoms with E-state index < -0.39 is 0 Å². The highest BCUT2D eigenvalue weighted by molar-refractivity contribution is 7.98. The Morgan fingerprint density at radius 2 is 1.29 bits per heavy atom. The lowest BCUT2D eigenvalue weighted by molar-refractivity contribution is 0.590. The third-order valence-electron chi connectivity index (χ3n) is 7.95. The second-order valence-electron chi connectivity index (χ2n) is 12.6. The third kappa shape index (κ3) is 3.54. The molecule has 0 atom stereocenters. The van der Waals surface area contributed by atoms with Gasteiger partial charge in [0.05, 0.1) is 27.8 Å². The Morgan fingerprint density at radius 3 is 1.92 bits per heavy atom. The molecule has 1 aliphatic rings.